The number of fused-ring (bicyclic) bond motifs is 1. The van der Waals surface area contributed by atoms with E-state index in [1.165, 1.54) is 11.3 Å². The monoisotopic (exact) mass is 343 g/mol. The summed E-state index contributed by atoms with van der Waals surface area (Å²) in [6.07, 6.45) is 4.06. The Balaban J connectivity index is 1.50. The van der Waals surface area contributed by atoms with E-state index in [1.807, 2.05) is 6.07 Å². The van der Waals surface area contributed by atoms with Crippen molar-refractivity contribution in [3.63, 3.8) is 0 Å². The van der Waals surface area contributed by atoms with Crippen molar-refractivity contribution in [2.75, 3.05) is 13.1 Å². The molecule has 1 aromatic heterocycles. The summed E-state index contributed by atoms with van der Waals surface area (Å²) in [4.78, 5) is 14.6. The van der Waals surface area contributed by atoms with Crippen LogP contribution in [-0.2, 0) is 4.84 Å². The molecule has 6 heteroatoms. The van der Waals surface area contributed by atoms with Gasteiger partial charge in [-0.15, -0.1) is 11.3 Å². The third-order valence-electron chi connectivity index (χ3n) is 6.39. The lowest BCUT2D eigenvalue weighted by molar-refractivity contribution is -0.234. The third kappa shape index (κ3) is 1.61. The van der Waals surface area contributed by atoms with E-state index < -0.39 is 5.72 Å². The summed E-state index contributed by atoms with van der Waals surface area (Å²) in [5.74, 6) is 1.44. The quantitative estimate of drug-likeness (QED) is 0.863. The summed E-state index contributed by atoms with van der Waals surface area (Å²) in [5.41, 5.74) is 2.46. The number of hydrogen-bond donors (Lipinski definition) is 1. The maximum absolute atomic E-state index is 14.2. The minimum absolute atomic E-state index is 0.117. The molecule has 5 heterocycles. The van der Waals surface area contributed by atoms with E-state index in [0.29, 0.717) is 11.8 Å². The third-order valence-corrected chi connectivity index (χ3v) is 7.62. The fourth-order valence-electron chi connectivity index (χ4n) is 5.58. The van der Waals surface area contributed by atoms with Gasteiger partial charge in [-0.05, 0) is 36.3 Å². The Morgan fingerprint density at radius 1 is 1.33 bits per heavy atom. The van der Waals surface area contributed by atoms with Gasteiger partial charge >= 0.3 is 0 Å². The zero-order chi connectivity index (χ0) is 15.9. The molecule has 0 amide bonds. The van der Waals surface area contributed by atoms with Crippen molar-refractivity contribution in [3.05, 3.63) is 35.0 Å². The average Bonchev–Trinajstić information content (AvgIpc) is 3.20. The van der Waals surface area contributed by atoms with Crippen LogP contribution in [-0.4, -0.2) is 30.1 Å². The summed E-state index contributed by atoms with van der Waals surface area (Å²) in [6.45, 7) is 2.18. The second-order valence-electron chi connectivity index (χ2n) is 7.58. The largest absolute Gasteiger partial charge is 0.294 e. The van der Waals surface area contributed by atoms with Gasteiger partial charge in [-0.25, -0.2) is 14.2 Å². The fraction of sp³-hybridized carbons (Fsp3) is 0.500. The highest BCUT2D eigenvalue weighted by Crippen LogP contribution is 2.60. The topological polar surface area (TPSA) is 36.9 Å². The van der Waals surface area contributed by atoms with Crippen molar-refractivity contribution in [2.24, 2.45) is 22.7 Å². The Hall–Kier alpha value is -1.50. The van der Waals surface area contributed by atoms with Crippen LogP contribution in [0.15, 0.2) is 29.3 Å². The zero-order valence-corrected chi connectivity index (χ0v) is 13.9. The molecule has 6 unspecified atom stereocenters. The van der Waals surface area contributed by atoms with Crippen molar-refractivity contribution < 1.29 is 9.23 Å². The number of hydrogen-bond acceptors (Lipinski definition) is 5. The Labute approximate surface area is 143 Å². The molecular formula is C18H18FN3OS. The molecule has 1 saturated carbocycles. The number of rotatable bonds is 1. The van der Waals surface area contributed by atoms with Crippen molar-refractivity contribution in [3.8, 4) is 0 Å². The highest BCUT2D eigenvalue weighted by Gasteiger charge is 2.63. The number of piperidine rings is 3. The Morgan fingerprint density at radius 2 is 2.29 bits per heavy atom. The van der Waals surface area contributed by atoms with Crippen LogP contribution in [0, 0.1) is 23.6 Å². The van der Waals surface area contributed by atoms with Crippen molar-refractivity contribution >= 4 is 27.8 Å². The number of nitrogens with zero attached hydrogens (tertiary/aromatic N) is 2. The first-order valence-corrected chi connectivity index (χ1v) is 9.45. The summed E-state index contributed by atoms with van der Waals surface area (Å²) < 4.78 is 14.9. The highest BCUT2D eigenvalue weighted by atomic mass is 32.1. The molecule has 124 valence electrons. The highest BCUT2D eigenvalue weighted by molar-refractivity contribution is 7.19. The van der Waals surface area contributed by atoms with E-state index in [4.69, 9.17) is 9.83 Å². The normalized spacial score (nSPS) is 42.3. The molecule has 2 aromatic rings. The molecular weight excluding hydrogens is 325 g/mol. The molecule has 4 bridgehead atoms. The molecule has 24 heavy (non-hydrogen) atoms. The number of benzene rings is 1. The minimum atomic E-state index is -0.424. The molecule has 1 spiro atoms. The van der Waals surface area contributed by atoms with Gasteiger partial charge in [0.05, 0.1) is 10.7 Å². The van der Waals surface area contributed by atoms with E-state index in [1.54, 1.807) is 29.8 Å². The predicted molar refractivity (Wildman–Crippen MR) is 91.2 cm³/mol. The molecule has 4 fully saturated rings. The molecule has 1 aliphatic carbocycles. The molecule has 4 aliphatic heterocycles. The first kappa shape index (κ1) is 13.8. The fourth-order valence-corrected chi connectivity index (χ4v) is 6.85. The molecule has 7 rings (SSSR count). The maximum Gasteiger partial charge on any atom is 0.195 e. The number of aliphatic imine (C=N–C) groups is 1. The average molecular weight is 343 g/mol. The van der Waals surface area contributed by atoms with Crippen molar-refractivity contribution in [1.82, 2.24) is 10.4 Å². The van der Waals surface area contributed by atoms with Crippen LogP contribution in [0.5, 0.6) is 0 Å². The van der Waals surface area contributed by atoms with Crippen LogP contribution >= 0.6 is 11.3 Å². The van der Waals surface area contributed by atoms with Crippen molar-refractivity contribution in [1.29, 1.82) is 0 Å². The van der Waals surface area contributed by atoms with E-state index in [2.05, 4.69) is 16.4 Å². The van der Waals surface area contributed by atoms with Gasteiger partial charge in [0.2, 0.25) is 0 Å². The van der Waals surface area contributed by atoms with Crippen LogP contribution in [0.25, 0.3) is 10.1 Å². The second-order valence-corrected chi connectivity index (χ2v) is 8.66. The lowest BCUT2D eigenvalue weighted by Gasteiger charge is -2.61. The Kier molecular flexibility index (Phi) is 2.61. The van der Waals surface area contributed by atoms with Gasteiger partial charge in [0.15, 0.2) is 5.72 Å². The van der Waals surface area contributed by atoms with E-state index in [-0.39, 0.29) is 11.9 Å². The summed E-state index contributed by atoms with van der Waals surface area (Å²) in [7, 11) is 0. The molecule has 4 nitrogen and oxygen atoms in total. The number of halogens is 1. The minimum Gasteiger partial charge on any atom is -0.294 e. The van der Waals surface area contributed by atoms with Crippen LogP contribution in [0.4, 0.5) is 4.39 Å². The van der Waals surface area contributed by atoms with Crippen LogP contribution < -0.4 is 5.48 Å². The number of hydroxylamine groups is 1. The van der Waals surface area contributed by atoms with Crippen LogP contribution in [0.2, 0.25) is 0 Å². The van der Waals surface area contributed by atoms with E-state index >= 15 is 0 Å². The summed E-state index contributed by atoms with van der Waals surface area (Å²) >= 11 is 1.60. The number of thiophene rings is 1. The Bertz CT molecular complexity index is 867. The molecule has 3 saturated heterocycles. The molecule has 0 radical (unpaired) electrons. The lowest BCUT2D eigenvalue weighted by atomic mass is 9.59. The van der Waals surface area contributed by atoms with Gasteiger partial charge in [-0.3, -0.25) is 10.4 Å². The predicted octanol–water partition coefficient (Wildman–Crippen LogP) is 3.31. The lowest BCUT2D eigenvalue weighted by Crippen LogP contribution is -2.67. The van der Waals surface area contributed by atoms with Crippen molar-refractivity contribution in [2.45, 2.75) is 24.6 Å². The first-order chi connectivity index (χ1) is 11.7. The van der Waals surface area contributed by atoms with E-state index in [9.17, 15) is 4.39 Å². The number of nitrogens with one attached hydrogen (secondary N) is 1. The first-order valence-electron chi connectivity index (χ1n) is 8.64. The van der Waals surface area contributed by atoms with Gasteiger partial charge in [0, 0.05) is 29.8 Å². The van der Waals surface area contributed by atoms with Gasteiger partial charge in [0.25, 0.3) is 0 Å². The van der Waals surface area contributed by atoms with Gasteiger partial charge < -0.3 is 0 Å². The second kappa shape index (κ2) is 4.56. The summed E-state index contributed by atoms with van der Waals surface area (Å²) in [5, 5.41) is 1.01. The van der Waals surface area contributed by atoms with Gasteiger partial charge in [-0.2, -0.15) is 0 Å². The Morgan fingerprint density at radius 3 is 3.12 bits per heavy atom. The van der Waals surface area contributed by atoms with E-state index in [0.717, 1.165) is 35.5 Å². The summed E-state index contributed by atoms with van der Waals surface area (Å²) in [6, 6.07) is 7.81. The maximum atomic E-state index is 14.2. The van der Waals surface area contributed by atoms with Gasteiger partial charge in [-0.1, -0.05) is 12.1 Å². The molecule has 1 aromatic carbocycles. The standard InChI is InChI=1S/C18H18FN3OS/c19-14-3-1-2-11-6-15(24-17(11)14)16-13-5-10-4-12(8-22(16)7-10)18(13)20-9-21-23-18/h1-3,6,9-10,12-13,16H,4-5,7-8H2,(H,20,21). The zero-order valence-electron chi connectivity index (χ0n) is 13.1. The van der Waals surface area contributed by atoms with Gasteiger partial charge in [0.1, 0.15) is 12.2 Å². The molecule has 6 atom stereocenters. The molecule has 1 N–H and O–H groups in total. The molecule has 5 aliphatic rings. The van der Waals surface area contributed by atoms with Crippen LogP contribution in [0.3, 0.4) is 0 Å². The SMILES string of the molecule is Fc1cccc2cc(C3C4CC5CC(CN3C5)C43N=CNO3)sc12. The van der Waals surface area contributed by atoms with Crippen LogP contribution in [0.1, 0.15) is 23.8 Å². The smallest absolute Gasteiger partial charge is 0.195 e.